The molecule has 1 aliphatic rings. The van der Waals surface area contributed by atoms with Crippen LogP contribution in [0.5, 0.6) is 5.75 Å². The fourth-order valence-electron chi connectivity index (χ4n) is 5.03. The number of rotatable bonds is 10. The van der Waals surface area contributed by atoms with E-state index in [0.717, 1.165) is 11.1 Å². The summed E-state index contributed by atoms with van der Waals surface area (Å²) in [5, 5.41) is 10.1. The van der Waals surface area contributed by atoms with Crippen LogP contribution in [0.25, 0.3) is 16.8 Å². The van der Waals surface area contributed by atoms with Gasteiger partial charge in [0.1, 0.15) is 11.9 Å². The van der Waals surface area contributed by atoms with Crippen molar-refractivity contribution >= 4 is 29.7 Å². The molecule has 2 heterocycles. The number of nitrogens with zero attached hydrogens (tertiary/aromatic N) is 3. The van der Waals surface area contributed by atoms with Crippen molar-refractivity contribution < 1.29 is 23.9 Å². The third-order valence-corrected chi connectivity index (χ3v) is 7.21. The minimum Gasteiger partial charge on any atom is -0.496 e. The summed E-state index contributed by atoms with van der Waals surface area (Å²) >= 11 is 0. The Morgan fingerprint density at radius 3 is 2.45 bits per heavy atom. The summed E-state index contributed by atoms with van der Waals surface area (Å²) in [6.07, 6.45) is 5.04. The Balaban J connectivity index is 1.11. The number of aromatic nitrogens is 2. The van der Waals surface area contributed by atoms with Gasteiger partial charge in [-0.05, 0) is 36.6 Å². The molecular formula is C32H33N5O5. The molecule has 4 aromatic rings. The standard InChI is InChI=1S/C32H33N5O5/c1-41-30-21-28(29(20-24(30)22-38)37-16-7-15-33-37)34-31(39)14-19-36-17-12-25(13-18-36)42-32(40)35-27-11-6-5-10-26(27)23-8-3-2-4-9-23/h2-11,15-16,20-22,25H,12-14,17-19H2,1H3,(H,34,39)(H,35,40). The molecule has 0 bridgehead atoms. The van der Waals surface area contributed by atoms with Crippen molar-refractivity contribution in [3.63, 3.8) is 0 Å². The van der Waals surface area contributed by atoms with Gasteiger partial charge in [-0.3, -0.25) is 14.9 Å². The van der Waals surface area contributed by atoms with Gasteiger partial charge in [-0.25, -0.2) is 9.48 Å². The van der Waals surface area contributed by atoms with Crippen LogP contribution in [-0.2, 0) is 9.53 Å². The molecule has 0 saturated carbocycles. The smallest absolute Gasteiger partial charge is 0.411 e. The first-order valence-electron chi connectivity index (χ1n) is 13.9. The molecule has 1 saturated heterocycles. The molecule has 0 spiro atoms. The lowest BCUT2D eigenvalue weighted by atomic mass is 10.0. The molecular weight excluding hydrogens is 534 g/mol. The average molecular weight is 568 g/mol. The normalized spacial score (nSPS) is 13.7. The summed E-state index contributed by atoms with van der Waals surface area (Å²) in [5.74, 6) is 0.199. The molecule has 3 aromatic carbocycles. The topological polar surface area (TPSA) is 115 Å². The Bertz CT molecular complexity index is 1520. The van der Waals surface area contributed by atoms with Crippen molar-refractivity contribution in [3.05, 3.63) is 90.8 Å². The maximum Gasteiger partial charge on any atom is 0.411 e. The van der Waals surface area contributed by atoms with Crippen molar-refractivity contribution in [1.82, 2.24) is 14.7 Å². The van der Waals surface area contributed by atoms with Crippen molar-refractivity contribution in [1.29, 1.82) is 0 Å². The highest BCUT2D eigenvalue weighted by Gasteiger charge is 2.23. The Hall–Kier alpha value is -4.96. The predicted octanol–water partition coefficient (Wildman–Crippen LogP) is 5.40. The van der Waals surface area contributed by atoms with E-state index in [2.05, 4.69) is 20.6 Å². The number of ether oxygens (including phenoxy) is 2. The van der Waals surface area contributed by atoms with Gasteiger partial charge in [0.2, 0.25) is 5.91 Å². The van der Waals surface area contributed by atoms with Crippen LogP contribution in [0.15, 0.2) is 85.2 Å². The zero-order chi connectivity index (χ0) is 29.3. The number of carbonyl (C=O) groups excluding carboxylic acids is 3. The third kappa shape index (κ3) is 7.02. The van der Waals surface area contributed by atoms with Gasteiger partial charge >= 0.3 is 6.09 Å². The summed E-state index contributed by atoms with van der Waals surface area (Å²) < 4.78 is 12.6. The molecule has 2 amide bonds. The minimum absolute atomic E-state index is 0.167. The molecule has 2 N–H and O–H groups in total. The number of carbonyl (C=O) groups is 3. The molecule has 0 aliphatic carbocycles. The van der Waals surface area contributed by atoms with E-state index in [4.69, 9.17) is 9.47 Å². The third-order valence-electron chi connectivity index (χ3n) is 7.21. The first kappa shape index (κ1) is 28.6. The predicted molar refractivity (Wildman–Crippen MR) is 160 cm³/mol. The molecule has 0 radical (unpaired) electrons. The molecule has 10 nitrogen and oxygen atoms in total. The highest BCUT2D eigenvalue weighted by molar-refractivity contribution is 5.95. The second-order valence-corrected chi connectivity index (χ2v) is 9.96. The lowest BCUT2D eigenvalue weighted by Gasteiger charge is -2.31. The fraction of sp³-hybridized carbons (Fsp3) is 0.250. The summed E-state index contributed by atoms with van der Waals surface area (Å²) in [7, 11) is 1.47. The SMILES string of the molecule is COc1cc(NC(=O)CCN2CCC(OC(=O)Nc3ccccc3-c3ccccc3)CC2)c(-n2cccn2)cc1C=O. The molecule has 0 unspecified atom stereocenters. The second kappa shape index (κ2) is 13.6. The van der Waals surface area contributed by atoms with Gasteiger partial charge in [0, 0.05) is 50.1 Å². The van der Waals surface area contributed by atoms with E-state index in [1.807, 2.05) is 54.6 Å². The summed E-state index contributed by atoms with van der Waals surface area (Å²) in [4.78, 5) is 39.3. The maximum absolute atomic E-state index is 12.9. The van der Waals surface area contributed by atoms with Crippen LogP contribution in [0.1, 0.15) is 29.6 Å². The Labute approximate surface area is 244 Å². The maximum atomic E-state index is 12.9. The number of piperidine rings is 1. The Kier molecular flexibility index (Phi) is 9.25. The minimum atomic E-state index is -0.472. The number of hydrogen-bond acceptors (Lipinski definition) is 7. The van der Waals surface area contributed by atoms with E-state index in [1.54, 1.807) is 35.3 Å². The molecule has 1 aromatic heterocycles. The Morgan fingerprint density at radius 1 is 0.976 bits per heavy atom. The van der Waals surface area contributed by atoms with Gasteiger partial charge in [0.15, 0.2) is 6.29 Å². The lowest BCUT2D eigenvalue weighted by Crippen LogP contribution is -2.39. The summed E-state index contributed by atoms with van der Waals surface area (Å²) in [5.41, 5.74) is 4.07. The van der Waals surface area contributed by atoms with Crippen LogP contribution < -0.4 is 15.4 Å². The van der Waals surface area contributed by atoms with Gasteiger partial charge < -0.3 is 19.7 Å². The van der Waals surface area contributed by atoms with E-state index in [0.29, 0.717) is 67.1 Å². The van der Waals surface area contributed by atoms with Crippen LogP contribution in [-0.4, -0.2) is 65.8 Å². The first-order valence-corrected chi connectivity index (χ1v) is 13.9. The number of amides is 2. The highest BCUT2D eigenvalue weighted by atomic mass is 16.6. The van der Waals surface area contributed by atoms with Crippen LogP contribution in [0, 0.1) is 0 Å². The molecule has 1 aliphatic heterocycles. The zero-order valence-electron chi connectivity index (χ0n) is 23.4. The number of methoxy groups -OCH3 is 1. The number of aldehydes is 1. The van der Waals surface area contributed by atoms with E-state index < -0.39 is 6.09 Å². The van der Waals surface area contributed by atoms with Crippen LogP contribution in [0.3, 0.4) is 0 Å². The number of nitrogens with one attached hydrogen (secondary N) is 2. The van der Waals surface area contributed by atoms with E-state index in [9.17, 15) is 14.4 Å². The van der Waals surface area contributed by atoms with E-state index in [-0.39, 0.29) is 18.4 Å². The van der Waals surface area contributed by atoms with Crippen LogP contribution in [0.2, 0.25) is 0 Å². The average Bonchev–Trinajstić information content (AvgIpc) is 3.56. The molecule has 10 heteroatoms. The van der Waals surface area contributed by atoms with Crippen molar-refractivity contribution in [2.45, 2.75) is 25.4 Å². The fourth-order valence-corrected chi connectivity index (χ4v) is 5.03. The number of likely N-dealkylation sites (tertiary alicyclic amines) is 1. The van der Waals surface area contributed by atoms with Gasteiger partial charge in [-0.1, -0.05) is 48.5 Å². The Morgan fingerprint density at radius 2 is 1.74 bits per heavy atom. The summed E-state index contributed by atoms with van der Waals surface area (Å²) in [6.45, 7) is 1.99. The number of para-hydroxylation sites is 1. The number of hydrogen-bond donors (Lipinski definition) is 2. The van der Waals surface area contributed by atoms with Gasteiger partial charge in [-0.2, -0.15) is 5.10 Å². The van der Waals surface area contributed by atoms with Crippen LogP contribution in [0.4, 0.5) is 16.2 Å². The first-order chi connectivity index (χ1) is 20.5. The van der Waals surface area contributed by atoms with Gasteiger partial charge in [0.25, 0.3) is 0 Å². The summed E-state index contributed by atoms with van der Waals surface area (Å²) in [6, 6.07) is 22.6. The lowest BCUT2D eigenvalue weighted by molar-refractivity contribution is -0.116. The quantitative estimate of drug-likeness (QED) is 0.247. The van der Waals surface area contributed by atoms with Crippen molar-refractivity contribution in [3.8, 4) is 22.6 Å². The molecule has 0 atom stereocenters. The highest BCUT2D eigenvalue weighted by Crippen LogP contribution is 2.30. The van der Waals surface area contributed by atoms with Crippen molar-refractivity contribution in [2.24, 2.45) is 0 Å². The number of benzene rings is 3. The van der Waals surface area contributed by atoms with E-state index >= 15 is 0 Å². The van der Waals surface area contributed by atoms with Crippen molar-refractivity contribution in [2.75, 3.05) is 37.4 Å². The van der Waals surface area contributed by atoms with E-state index in [1.165, 1.54) is 7.11 Å². The largest absolute Gasteiger partial charge is 0.496 e. The number of anilines is 2. The van der Waals surface area contributed by atoms with Gasteiger partial charge in [0.05, 0.1) is 29.7 Å². The molecule has 5 rings (SSSR count). The monoisotopic (exact) mass is 567 g/mol. The zero-order valence-corrected chi connectivity index (χ0v) is 23.4. The van der Waals surface area contributed by atoms with Crippen LogP contribution >= 0.6 is 0 Å². The second-order valence-electron chi connectivity index (χ2n) is 9.96. The molecule has 216 valence electrons. The molecule has 1 fully saturated rings. The van der Waals surface area contributed by atoms with Gasteiger partial charge in [-0.15, -0.1) is 0 Å². The molecule has 42 heavy (non-hydrogen) atoms.